The van der Waals surface area contributed by atoms with Crippen LogP contribution in [0.2, 0.25) is 0 Å². The Kier molecular flexibility index (Phi) is 5.04. The second-order valence-corrected chi connectivity index (χ2v) is 8.14. The standard InChI is InChI=1S/C21H24FN7O3/c1-23-18-9-17(25-15-4-3-5-28(21(15)31)11-6-12(7-11)32-2)27-19-13(10-24-29(18)19)20(30)26-16-8-14(16)22/h3-5,9-12,14,16,23H,6-8H2,1-2H3,(H,25,27)(H,26,30). The number of hydrogen-bond acceptors (Lipinski definition) is 7. The second-order valence-electron chi connectivity index (χ2n) is 8.14. The molecule has 0 aliphatic heterocycles. The minimum atomic E-state index is -1.01. The number of carbonyl (C=O) groups excluding carboxylic acids is 1. The molecule has 2 unspecified atom stereocenters. The lowest BCUT2D eigenvalue weighted by Crippen LogP contribution is -2.37. The summed E-state index contributed by atoms with van der Waals surface area (Å²) in [5, 5.41) is 13.0. The van der Waals surface area contributed by atoms with E-state index in [1.807, 2.05) is 6.07 Å². The van der Waals surface area contributed by atoms with Gasteiger partial charge in [-0.15, -0.1) is 0 Å². The Morgan fingerprint density at radius 1 is 1.31 bits per heavy atom. The van der Waals surface area contributed by atoms with E-state index in [0.717, 1.165) is 12.8 Å². The summed E-state index contributed by atoms with van der Waals surface area (Å²) in [6.45, 7) is 0. The highest BCUT2D eigenvalue weighted by atomic mass is 19.1. The minimum Gasteiger partial charge on any atom is -0.381 e. The number of pyridine rings is 1. The van der Waals surface area contributed by atoms with Crippen molar-refractivity contribution >= 4 is 28.9 Å². The van der Waals surface area contributed by atoms with Crippen molar-refractivity contribution in [2.75, 3.05) is 24.8 Å². The smallest absolute Gasteiger partial charge is 0.274 e. The predicted octanol–water partition coefficient (Wildman–Crippen LogP) is 1.87. The normalized spacial score (nSPS) is 24.1. The highest BCUT2D eigenvalue weighted by molar-refractivity contribution is 6.00. The van der Waals surface area contributed by atoms with Crippen molar-refractivity contribution in [2.24, 2.45) is 0 Å². The molecule has 0 bridgehead atoms. The molecule has 0 saturated heterocycles. The van der Waals surface area contributed by atoms with Crippen molar-refractivity contribution in [2.45, 2.75) is 43.6 Å². The van der Waals surface area contributed by atoms with Gasteiger partial charge >= 0.3 is 0 Å². The van der Waals surface area contributed by atoms with E-state index in [-0.39, 0.29) is 23.3 Å². The number of ether oxygens (including phenoxy) is 1. The lowest BCUT2D eigenvalue weighted by Gasteiger charge is -2.35. The van der Waals surface area contributed by atoms with Crippen LogP contribution in [0.25, 0.3) is 5.65 Å². The van der Waals surface area contributed by atoms with Crippen LogP contribution in [0, 0.1) is 0 Å². The second kappa shape index (κ2) is 7.90. The number of fused-ring (bicyclic) bond motifs is 1. The average Bonchev–Trinajstić information content (AvgIpc) is 3.27. The molecule has 32 heavy (non-hydrogen) atoms. The molecule has 0 spiro atoms. The van der Waals surface area contributed by atoms with Crippen LogP contribution in [0.1, 0.15) is 35.7 Å². The predicted molar refractivity (Wildman–Crippen MR) is 116 cm³/mol. The van der Waals surface area contributed by atoms with Gasteiger partial charge in [0.2, 0.25) is 0 Å². The molecule has 2 aliphatic rings. The van der Waals surface area contributed by atoms with Crippen molar-refractivity contribution < 1.29 is 13.9 Å². The maximum Gasteiger partial charge on any atom is 0.274 e. The molecular weight excluding hydrogens is 417 g/mol. The first kappa shape index (κ1) is 20.4. The fraction of sp³-hybridized carbons (Fsp3) is 0.429. The van der Waals surface area contributed by atoms with E-state index in [0.29, 0.717) is 29.4 Å². The summed E-state index contributed by atoms with van der Waals surface area (Å²) in [4.78, 5) is 30.1. The Labute approximate surface area is 182 Å². The van der Waals surface area contributed by atoms with Crippen LogP contribution in [0.3, 0.4) is 0 Å². The van der Waals surface area contributed by atoms with Crippen molar-refractivity contribution in [3.63, 3.8) is 0 Å². The number of amides is 1. The van der Waals surface area contributed by atoms with Gasteiger partial charge in [-0.1, -0.05) is 0 Å². The van der Waals surface area contributed by atoms with Gasteiger partial charge < -0.3 is 25.3 Å². The number of anilines is 3. The third-order valence-corrected chi connectivity index (χ3v) is 6.04. The molecule has 11 heteroatoms. The zero-order chi connectivity index (χ0) is 22.4. The number of carbonyl (C=O) groups is 1. The molecule has 2 atom stereocenters. The van der Waals surface area contributed by atoms with E-state index >= 15 is 0 Å². The zero-order valence-corrected chi connectivity index (χ0v) is 17.7. The summed E-state index contributed by atoms with van der Waals surface area (Å²) in [5.74, 6) is 0.519. The first-order chi connectivity index (χ1) is 15.5. The van der Waals surface area contributed by atoms with Crippen LogP contribution >= 0.6 is 0 Å². The number of nitrogens with one attached hydrogen (secondary N) is 3. The number of halogens is 1. The summed E-state index contributed by atoms with van der Waals surface area (Å²) in [6, 6.07) is 4.83. The third kappa shape index (κ3) is 3.58. The van der Waals surface area contributed by atoms with E-state index < -0.39 is 18.1 Å². The van der Waals surface area contributed by atoms with Gasteiger partial charge in [0.1, 0.15) is 29.1 Å². The van der Waals surface area contributed by atoms with Gasteiger partial charge in [0.05, 0.1) is 18.3 Å². The zero-order valence-electron chi connectivity index (χ0n) is 17.7. The Bertz CT molecular complexity index is 1230. The summed E-state index contributed by atoms with van der Waals surface area (Å²) < 4.78 is 21.7. The molecule has 0 aromatic carbocycles. The van der Waals surface area contributed by atoms with E-state index in [1.54, 1.807) is 37.1 Å². The Hall–Kier alpha value is -3.47. The highest BCUT2D eigenvalue weighted by Gasteiger charge is 2.39. The first-order valence-corrected chi connectivity index (χ1v) is 10.5. The molecule has 2 fully saturated rings. The molecule has 3 heterocycles. The van der Waals surface area contributed by atoms with Gasteiger partial charge in [0.25, 0.3) is 11.5 Å². The van der Waals surface area contributed by atoms with Crippen molar-refractivity contribution in [3.05, 3.63) is 46.5 Å². The van der Waals surface area contributed by atoms with E-state index in [2.05, 4.69) is 26.0 Å². The minimum absolute atomic E-state index is 0.101. The summed E-state index contributed by atoms with van der Waals surface area (Å²) in [6.07, 6.45) is 4.26. The van der Waals surface area contributed by atoms with Crippen LogP contribution in [0.4, 0.5) is 21.7 Å². The average molecular weight is 441 g/mol. The fourth-order valence-corrected chi connectivity index (χ4v) is 3.91. The first-order valence-electron chi connectivity index (χ1n) is 10.5. The number of aromatic nitrogens is 4. The number of alkyl halides is 1. The van der Waals surface area contributed by atoms with Gasteiger partial charge in [0.15, 0.2) is 5.65 Å². The largest absolute Gasteiger partial charge is 0.381 e. The van der Waals surface area contributed by atoms with Crippen LogP contribution < -0.4 is 21.5 Å². The van der Waals surface area contributed by atoms with Crippen LogP contribution in [-0.4, -0.2) is 57.5 Å². The maximum atomic E-state index is 13.2. The van der Waals surface area contributed by atoms with Gasteiger partial charge in [-0.25, -0.2) is 9.37 Å². The molecule has 2 aliphatic carbocycles. The third-order valence-electron chi connectivity index (χ3n) is 6.04. The number of nitrogens with zero attached hydrogens (tertiary/aromatic N) is 4. The number of hydrogen-bond donors (Lipinski definition) is 3. The Morgan fingerprint density at radius 3 is 2.78 bits per heavy atom. The SMILES string of the molecule is CNc1cc(Nc2cccn(C3CC(OC)C3)c2=O)nc2c(C(=O)NC3CC3F)cnn12. The molecule has 0 radical (unpaired) electrons. The summed E-state index contributed by atoms with van der Waals surface area (Å²) in [7, 11) is 3.39. The Balaban J connectivity index is 1.45. The number of rotatable bonds is 7. The van der Waals surface area contributed by atoms with Gasteiger partial charge in [-0.05, 0) is 25.0 Å². The lowest BCUT2D eigenvalue weighted by atomic mass is 9.89. The van der Waals surface area contributed by atoms with Gasteiger partial charge in [-0.3, -0.25) is 9.59 Å². The summed E-state index contributed by atoms with van der Waals surface area (Å²) >= 11 is 0. The molecular formula is C21H24FN7O3. The fourth-order valence-electron chi connectivity index (χ4n) is 3.91. The van der Waals surface area contributed by atoms with Crippen LogP contribution in [0.15, 0.2) is 35.4 Å². The molecule has 5 rings (SSSR count). The van der Waals surface area contributed by atoms with Crippen molar-refractivity contribution in [3.8, 4) is 0 Å². The van der Waals surface area contributed by atoms with E-state index in [1.165, 1.54) is 10.7 Å². The van der Waals surface area contributed by atoms with Crippen molar-refractivity contribution in [1.29, 1.82) is 0 Å². The molecule has 3 N–H and O–H groups in total. The highest BCUT2D eigenvalue weighted by Crippen LogP contribution is 2.33. The van der Waals surface area contributed by atoms with Crippen molar-refractivity contribution in [1.82, 2.24) is 24.5 Å². The summed E-state index contributed by atoms with van der Waals surface area (Å²) in [5.41, 5.74) is 0.742. The molecule has 3 aromatic heterocycles. The maximum absolute atomic E-state index is 13.2. The van der Waals surface area contributed by atoms with Gasteiger partial charge in [0, 0.05) is 38.9 Å². The Morgan fingerprint density at radius 2 is 2.09 bits per heavy atom. The van der Waals surface area contributed by atoms with Crippen LogP contribution in [0.5, 0.6) is 0 Å². The lowest BCUT2D eigenvalue weighted by molar-refractivity contribution is 0.00522. The van der Waals surface area contributed by atoms with E-state index in [9.17, 15) is 14.0 Å². The topological polar surface area (TPSA) is 115 Å². The number of methoxy groups -OCH3 is 1. The molecule has 3 aromatic rings. The monoisotopic (exact) mass is 441 g/mol. The van der Waals surface area contributed by atoms with Crippen LogP contribution in [-0.2, 0) is 4.74 Å². The van der Waals surface area contributed by atoms with E-state index in [4.69, 9.17) is 4.74 Å². The quantitative estimate of drug-likeness (QED) is 0.513. The van der Waals surface area contributed by atoms with Gasteiger partial charge in [-0.2, -0.15) is 9.61 Å². The molecule has 1 amide bonds. The molecule has 168 valence electrons. The molecule has 10 nitrogen and oxygen atoms in total. The molecule has 2 saturated carbocycles.